The lowest BCUT2D eigenvalue weighted by atomic mass is 9.77. The Kier molecular flexibility index (Phi) is 21.3. The molecule has 4 heteroatoms. The molecular weight excluding hydrogens is 1580 g/mol. The van der Waals surface area contributed by atoms with Gasteiger partial charge in [0.2, 0.25) is 0 Å². The van der Waals surface area contributed by atoms with Gasteiger partial charge in [0.25, 0.3) is 0 Å². The van der Waals surface area contributed by atoms with Crippen LogP contribution in [-0.4, -0.2) is 0 Å². The summed E-state index contributed by atoms with van der Waals surface area (Å²) in [5.74, 6) is 6.65. The van der Waals surface area contributed by atoms with Gasteiger partial charge in [-0.3, -0.25) is 0 Å². The van der Waals surface area contributed by atoms with Gasteiger partial charge in [0.15, 0.2) is 0 Å². The number of hydrogen-bond acceptors (Lipinski definition) is 4. The van der Waals surface area contributed by atoms with Gasteiger partial charge in [0.1, 0.15) is 45.4 Å². The second kappa shape index (κ2) is 34.7. The van der Waals surface area contributed by atoms with Crippen molar-refractivity contribution in [1.82, 2.24) is 0 Å². The minimum atomic E-state index is 0.657. The predicted octanol–water partition coefficient (Wildman–Crippen LogP) is 37.1. The molecule has 0 saturated heterocycles. The summed E-state index contributed by atoms with van der Waals surface area (Å²) in [5, 5.41) is 13.4. The maximum absolute atomic E-state index is 7.48. The standard InChI is InChI=1S/C70H44O2.C56H56O2/c1-5-21-51(22-6-1)63-61-43-59(49-39-35-47(36-40-49)57-33-17-29-45-19-13-15-31-55(45)57)66-65(69(61)71-67(63)53-25-9-3-10-26-53)60(50-41-37-48(38-42-50)58-34-18-30-46-20-14-16-32-56(46)58)44-62-64(52-23-7-2-8-24-52)68(72-70(62)66)54-27-11-4-12-28-54;1-3-11-37-17-21-39(22-18-37)41-25-29-45(30-26-41)53-51(43-13-7-5-8-14-43)49-35-33-48-47(55(49)57-53)34-36-50-52(44-15-9-6-10-16-44)54(58-56(48)50)46-31-27-42(28-32-46)40-23-19-38(12-4-2)20-24-40/h1-44H;5-10,13-16,25-40H,3-4,11-12,17-24H2,1-2H3. The van der Waals surface area contributed by atoms with Gasteiger partial charge in [-0.2, -0.15) is 0 Å². The first kappa shape index (κ1) is 79.8. The molecule has 18 aromatic carbocycles. The van der Waals surface area contributed by atoms with Crippen molar-refractivity contribution >= 4 is 87.0 Å². The summed E-state index contributed by atoms with van der Waals surface area (Å²) in [6.07, 6.45) is 16.0. The van der Waals surface area contributed by atoms with Gasteiger partial charge in [-0.05, 0) is 211 Å². The van der Waals surface area contributed by atoms with E-state index in [0.717, 1.165) is 189 Å². The second-order valence-corrected chi connectivity index (χ2v) is 36.2. The Balaban J connectivity index is 0.000000152. The smallest absolute Gasteiger partial charge is 0.144 e. The zero-order valence-electron chi connectivity index (χ0n) is 73.5. The van der Waals surface area contributed by atoms with Crippen LogP contribution in [0, 0.1) is 11.8 Å². The molecule has 0 amide bonds. The van der Waals surface area contributed by atoms with E-state index < -0.39 is 0 Å². The Hall–Kier alpha value is -14.8. The van der Waals surface area contributed by atoms with Crippen molar-refractivity contribution < 1.29 is 17.7 Å². The number of furan rings is 4. The Bertz CT molecular complexity index is 7380. The van der Waals surface area contributed by atoms with Gasteiger partial charge in [-0.25, -0.2) is 0 Å². The van der Waals surface area contributed by atoms with E-state index in [1.54, 1.807) is 0 Å². The molecule has 2 aliphatic rings. The fourth-order valence-electron chi connectivity index (χ4n) is 22.0. The van der Waals surface area contributed by atoms with Gasteiger partial charge in [0, 0.05) is 87.6 Å². The highest BCUT2D eigenvalue weighted by atomic mass is 16.3. The van der Waals surface area contributed by atoms with E-state index in [1.165, 1.54) is 132 Å². The maximum Gasteiger partial charge on any atom is 0.144 e. The Morgan fingerprint density at radius 1 is 0.200 bits per heavy atom. The minimum absolute atomic E-state index is 0.657. The van der Waals surface area contributed by atoms with Gasteiger partial charge in [-0.15, -0.1) is 0 Å². The van der Waals surface area contributed by atoms with E-state index in [-0.39, 0.29) is 0 Å². The van der Waals surface area contributed by atoms with E-state index in [4.69, 9.17) is 17.7 Å². The lowest BCUT2D eigenvalue weighted by Gasteiger charge is -2.28. The normalized spacial score (nSPS) is 15.3. The van der Waals surface area contributed by atoms with Crippen molar-refractivity contribution in [3.8, 4) is 134 Å². The van der Waals surface area contributed by atoms with Gasteiger partial charge in [-0.1, -0.05) is 404 Å². The first-order valence-corrected chi connectivity index (χ1v) is 47.1. The molecule has 2 aliphatic carbocycles. The molecule has 0 unspecified atom stereocenters. The Morgan fingerprint density at radius 3 is 0.792 bits per heavy atom. The fraction of sp³-hybridized carbons (Fsp3) is 0.143. The van der Waals surface area contributed by atoms with Crippen molar-refractivity contribution in [3.05, 3.63) is 412 Å². The number of benzene rings is 18. The average molecular weight is 1680 g/mol. The van der Waals surface area contributed by atoms with Crippen LogP contribution in [0.1, 0.15) is 114 Å². The van der Waals surface area contributed by atoms with Gasteiger partial charge >= 0.3 is 0 Å². The summed E-state index contributed by atoms with van der Waals surface area (Å²) >= 11 is 0. The van der Waals surface area contributed by atoms with Crippen LogP contribution < -0.4 is 0 Å². The predicted molar refractivity (Wildman–Crippen MR) is 546 cm³/mol. The average Bonchev–Trinajstić information content (AvgIpc) is 1.52. The molecule has 0 N–H and O–H groups in total. The molecule has 130 heavy (non-hydrogen) atoms. The third-order valence-electron chi connectivity index (χ3n) is 28.5. The third kappa shape index (κ3) is 14.7. The van der Waals surface area contributed by atoms with E-state index in [2.05, 4.69) is 414 Å². The zero-order valence-corrected chi connectivity index (χ0v) is 73.5. The maximum atomic E-state index is 7.48. The van der Waals surface area contributed by atoms with Crippen molar-refractivity contribution in [2.75, 3.05) is 0 Å². The molecule has 4 aromatic heterocycles. The van der Waals surface area contributed by atoms with Gasteiger partial charge in [0.05, 0.1) is 0 Å². The van der Waals surface area contributed by atoms with Crippen LogP contribution in [-0.2, 0) is 0 Å². The van der Waals surface area contributed by atoms with Crippen molar-refractivity contribution in [1.29, 1.82) is 0 Å². The molecule has 24 rings (SSSR count). The number of fused-ring (bicyclic) bond motifs is 12. The topological polar surface area (TPSA) is 52.6 Å². The lowest BCUT2D eigenvalue weighted by Crippen LogP contribution is -2.13. The van der Waals surface area contributed by atoms with Crippen LogP contribution in [0.3, 0.4) is 0 Å². The van der Waals surface area contributed by atoms with E-state index in [1.807, 2.05) is 0 Å². The summed E-state index contributed by atoms with van der Waals surface area (Å²) in [6, 6.07) is 145. The monoisotopic (exact) mass is 1680 g/mol. The van der Waals surface area contributed by atoms with Gasteiger partial charge < -0.3 is 17.7 Å². The molecule has 0 atom stereocenters. The summed E-state index contributed by atoms with van der Waals surface area (Å²) in [6.45, 7) is 4.65. The molecule has 2 saturated carbocycles. The first-order valence-electron chi connectivity index (χ1n) is 47.1. The summed E-state index contributed by atoms with van der Waals surface area (Å²) in [5.41, 5.74) is 28.6. The second-order valence-electron chi connectivity index (χ2n) is 36.2. The minimum Gasteiger partial charge on any atom is -0.455 e. The molecule has 2 fully saturated rings. The number of hydrogen-bond donors (Lipinski definition) is 0. The molecule has 0 bridgehead atoms. The van der Waals surface area contributed by atoms with E-state index >= 15 is 0 Å². The van der Waals surface area contributed by atoms with Crippen LogP contribution in [0.25, 0.3) is 221 Å². The molecule has 22 aromatic rings. The van der Waals surface area contributed by atoms with Crippen LogP contribution in [0.2, 0.25) is 0 Å². The van der Waals surface area contributed by atoms with Crippen molar-refractivity contribution in [2.24, 2.45) is 11.8 Å². The zero-order chi connectivity index (χ0) is 86.5. The molecule has 4 heterocycles. The van der Waals surface area contributed by atoms with Crippen molar-refractivity contribution in [3.63, 3.8) is 0 Å². The molecule has 4 nitrogen and oxygen atoms in total. The summed E-state index contributed by atoms with van der Waals surface area (Å²) in [4.78, 5) is 0. The highest BCUT2D eigenvalue weighted by Crippen LogP contribution is 2.56. The van der Waals surface area contributed by atoms with E-state index in [9.17, 15) is 0 Å². The van der Waals surface area contributed by atoms with Crippen LogP contribution in [0.15, 0.2) is 418 Å². The fourth-order valence-corrected chi connectivity index (χ4v) is 22.0. The molecular formula is C126H100O4. The molecule has 0 radical (unpaired) electrons. The van der Waals surface area contributed by atoms with Crippen LogP contribution in [0.5, 0.6) is 0 Å². The van der Waals surface area contributed by atoms with Crippen LogP contribution >= 0.6 is 0 Å². The largest absolute Gasteiger partial charge is 0.455 e. The summed E-state index contributed by atoms with van der Waals surface area (Å²) in [7, 11) is 0. The van der Waals surface area contributed by atoms with Crippen molar-refractivity contribution in [2.45, 2.75) is 103 Å². The molecule has 628 valence electrons. The molecule has 0 aliphatic heterocycles. The number of rotatable bonds is 18. The highest BCUT2D eigenvalue weighted by molar-refractivity contribution is 6.30. The first-order chi connectivity index (χ1) is 64.4. The SMILES string of the molecule is CCCC1CCC(c2ccc(-c3oc4c(ccc5c4ccc4c(-c6ccccc6)c(-c6ccc(C7CCC(CCC)CC7)cc6)oc45)c3-c3ccccc3)cc2)CC1.c1ccc(-c2oc3c(cc(-c4ccc(-c5cccc6ccccc56)cc4)c4c5oc(-c6ccccc6)c(-c6ccccc6)c5cc(-c5ccc(-c6cccc7ccccc67)cc5)c34)c2-c2ccccc2)cc1. The Labute approximate surface area is 759 Å². The lowest BCUT2D eigenvalue weighted by molar-refractivity contribution is 0.308. The molecule has 0 spiro atoms. The Morgan fingerprint density at radius 2 is 0.462 bits per heavy atom. The van der Waals surface area contributed by atoms with E-state index in [0.29, 0.717) is 11.8 Å². The quantitative estimate of drug-likeness (QED) is 0.0859. The van der Waals surface area contributed by atoms with Crippen LogP contribution in [0.4, 0.5) is 0 Å². The third-order valence-corrected chi connectivity index (χ3v) is 28.5. The summed E-state index contributed by atoms with van der Waals surface area (Å²) < 4.78 is 29.1. The highest BCUT2D eigenvalue weighted by Gasteiger charge is 2.32.